The summed E-state index contributed by atoms with van der Waals surface area (Å²) in [5, 5.41) is 11.9. The summed E-state index contributed by atoms with van der Waals surface area (Å²) in [6, 6.07) is 21.5. The lowest BCUT2D eigenvalue weighted by Crippen LogP contribution is -2.45. The molecule has 9 rings (SSSR count). The van der Waals surface area contributed by atoms with Crippen molar-refractivity contribution < 1.29 is 28.8 Å². The maximum atomic E-state index is 13.0. The number of benzene rings is 3. The average molecular weight is 891 g/mol. The van der Waals surface area contributed by atoms with E-state index in [0.29, 0.717) is 40.2 Å². The number of piperazine rings is 1. The van der Waals surface area contributed by atoms with Crippen LogP contribution in [-0.2, 0) is 22.6 Å². The van der Waals surface area contributed by atoms with Crippen molar-refractivity contribution in [2.45, 2.75) is 51.2 Å². The molecule has 2 aliphatic heterocycles. The van der Waals surface area contributed by atoms with E-state index in [-0.39, 0.29) is 24.8 Å². The topological polar surface area (TPSA) is 136 Å². The molecule has 0 unspecified atom stereocenters. The first-order valence-electron chi connectivity index (χ1n) is 21.8. The molecule has 0 bridgehead atoms. The lowest BCUT2D eigenvalue weighted by molar-refractivity contribution is -0.145. The molecule has 3 aliphatic rings. The molecule has 13 nitrogen and oxygen atoms in total. The molecule has 3 aromatic carbocycles. The molecule has 2 saturated heterocycles. The summed E-state index contributed by atoms with van der Waals surface area (Å²) in [6.07, 6.45) is 5.50. The molecule has 3 aromatic heterocycles. The number of aromatic nitrogens is 4. The van der Waals surface area contributed by atoms with Gasteiger partial charge in [0.2, 0.25) is 12.0 Å². The fraction of sp³-hybridized carbons (Fsp3) is 0.396. The Kier molecular flexibility index (Phi) is 13.3. The van der Waals surface area contributed by atoms with Gasteiger partial charge in [-0.2, -0.15) is 4.37 Å². The highest BCUT2D eigenvalue weighted by Gasteiger charge is 2.31. The van der Waals surface area contributed by atoms with Crippen molar-refractivity contribution >= 4 is 44.9 Å². The number of carboxylic acid groups (broad SMARTS) is 1. The van der Waals surface area contributed by atoms with Crippen LogP contribution >= 0.6 is 23.1 Å². The molecule has 1 aliphatic carbocycles. The maximum Gasteiger partial charge on any atom is 0.345 e. The first-order valence-corrected chi connectivity index (χ1v) is 22.9. The van der Waals surface area contributed by atoms with Gasteiger partial charge in [0, 0.05) is 87.4 Å². The van der Waals surface area contributed by atoms with Gasteiger partial charge in [-0.25, -0.2) is 14.8 Å². The molecule has 328 valence electrons. The fourth-order valence-corrected chi connectivity index (χ4v) is 9.32. The number of pyridine rings is 1. The van der Waals surface area contributed by atoms with Crippen molar-refractivity contribution in [3.8, 4) is 39.9 Å². The lowest BCUT2D eigenvalue weighted by Gasteiger charge is -2.32. The SMILES string of the molecule is Cc1c(-c2c(C3CCC3)ncc3snc(O[C@H](Cc4ccccc4OCc4ccnc(-c5ccc(N6CCOCC6)cc5)n4)C(=O)O)c23)ccc(OCCN2CCN(C)CC2)c1Cl. The fourth-order valence-electron chi connectivity index (χ4n) is 8.41. The quantitative estimate of drug-likeness (QED) is 0.100. The van der Waals surface area contributed by atoms with Crippen LogP contribution in [0.3, 0.4) is 0 Å². The number of morpholine rings is 1. The van der Waals surface area contributed by atoms with Gasteiger partial charge >= 0.3 is 5.97 Å². The van der Waals surface area contributed by atoms with Crippen LogP contribution < -0.4 is 19.1 Å². The van der Waals surface area contributed by atoms with Gasteiger partial charge in [-0.3, -0.25) is 9.88 Å². The van der Waals surface area contributed by atoms with Crippen molar-refractivity contribution in [3.05, 3.63) is 107 Å². The predicted octanol–water partition coefficient (Wildman–Crippen LogP) is 8.16. The van der Waals surface area contributed by atoms with Gasteiger partial charge in [0.25, 0.3) is 0 Å². The summed E-state index contributed by atoms with van der Waals surface area (Å²) >= 11 is 8.33. The molecule has 63 heavy (non-hydrogen) atoms. The number of nitrogens with zero attached hydrogens (tertiary/aromatic N) is 7. The van der Waals surface area contributed by atoms with Crippen LogP contribution in [0.1, 0.15) is 47.7 Å². The molecule has 5 heterocycles. The van der Waals surface area contributed by atoms with E-state index in [0.717, 1.165) is 122 Å². The summed E-state index contributed by atoms with van der Waals surface area (Å²) in [5.41, 5.74) is 7.01. The summed E-state index contributed by atoms with van der Waals surface area (Å²) in [7, 11) is 2.15. The van der Waals surface area contributed by atoms with Crippen LogP contribution in [0.4, 0.5) is 5.69 Å². The number of para-hydroxylation sites is 1. The second kappa shape index (κ2) is 19.6. The summed E-state index contributed by atoms with van der Waals surface area (Å²) in [5.74, 6) is 1.19. The number of aliphatic carboxylic acids is 1. The minimum absolute atomic E-state index is 0.0377. The number of carboxylic acids is 1. The zero-order valence-corrected chi connectivity index (χ0v) is 37.2. The molecule has 3 fully saturated rings. The molecule has 0 spiro atoms. The third kappa shape index (κ3) is 9.75. The second-order valence-corrected chi connectivity index (χ2v) is 17.7. The number of ether oxygens (including phenoxy) is 4. The molecule has 0 radical (unpaired) electrons. The van der Waals surface area contributed by atoms with Gasteiger partial charge in [0.1, 0.15) is 24.7 Å². The van der Waals surface area contributed by atoms with E-state index < -0.39 is 12.1 Å². The third-order valence-corrected chi connectivity index (χ3v) is 13.6. The summed E-state index contributed by atoms with van der Waals surface area (Å²) in [6.45, 7) is 10.9. The Balaban J connectivity index is 0.929. The predicted molar refractivity (Wildman–Crippen MR) is 246 cm³/mol. The largest absolute Gasteiger partial charge is 0.491 e. The molecule has 0 amide bonds. The van der Waals surface area contributed by atoms with E-state index >= 15 is 0 Å². The maximum absolute atomic E-state index is 13.0. The number of carbonyl (C=O) groups is 1. The Hall–Kier alpha value is -5.38. The monoisotopic (exact) mass is 889 g/mol. The summed E-state index contributed by atoms with van der Waals surface area (Å²) in [4.78, 5) is 34.4. The molecule has 15 heteroatoms. The van der Waals surface area contributed by atoms with Crippen molar-refractivity contribution in [2.75, 3.05) is 77.6 Å². The van der Waals surface area contributed by atoms with Crippen LogP contribution in [0, 0.1) is 6.92 Å². The number of hydrogen-bond donors (Lipinski definition) is 1. The number of anilines is 1. The van der Waals surface area contributed by atoms with E-state index in [2.05, 4.69) is 38.9 Å². The third-order valence-electron chi connectivity index (χ3n) is 12.4. The Morgan fingerprint density at radius 1 is 0.952 bits per heavy atom. The Morgan fingerprint density at radius 2 is 1.75 bits per heavy atom. The Bertz CT molecular complexity index is 2540. The second-order valence-electron chi connectivity index (χ2n) is 16.5. The first-order chi connectivity index (χ1) is 30.8. The van der Waals surface area contributed by atoms with Gasteiger partial charge < -0.3 is 33.9 Å². The van der Waals surface area contributed by atoms with Gasteiger partial charge in [0.15, 0.2) is 5.82 Å². The molecule has 1 N–H and O–H groups in total. The zero-order valence-electron chi connectivity index (χ0n) is 35.7. The zero-order chi connectivity index (χ0) is 43.3. The number of likely N-dealkylation sites (N-methyl/N-ethyl adjacent to an activating group) is 1. The molecule has 6 aromatic rings. The van der Waals surface area contributed by atoms with Crippen LogP contribution in [0.2, 0.25) is 5.02 Å². The van der Waals surface area contributed by atoms with Crippen LogP contribution in [0.15, 0.2) is 79.1 Å². The number of rotatable bonds is 16. The average Bonchev–Trinajstić information content (AvgIpc) is 3.70. The molecule has 1 atom stereocenters. The van der Waals surface area contributed by atoms with E-state index in [9.17, 15) is 9.90 Å². The molecular formula is C48H52ClN7O6S. The van der Waals surface area contributed by atoms with E-state index in [4.69, 9.17) is 44.9 Å². The standard InChI is InChI=1S/C48H52ClN7O6S/c1-31-37(14-15-39(44(31)49)60-27-22-55-20-18-54(2)19-21-55)42-43-41(29-51-45(42)32-7-5-8-32)63-53-47(43)62-40(48(57)58)28-34-6-3-4-9-38(34)61-30-35-16-17-50-46(52-35)33-10-12-36(13-11-33)56-23-25-59-26-24-56/h3-4,6,9-17,29,32,40H,5,7-8,18-28,30H2,1-2H3,(H,57,58)/t40-/m1/s1. The number of hydrogen-bond acceptors (Lipinski definition) is 13. The van der Waals surface area contributed by atoms with E-state index in [1.807, 2.05) is 67.7 Å². The van der Waals surface area contributed by atoms with Gasteiger partial charge in [-0.1, -0.05) is 42.3 Å². The minimum atomic E-state index is -1.26. The number of halogens is 1. The van der Waals surface area contributed by atoms with E-state index in [1.165, 1.54) is 11.5 Å². The van der Waals surface area contributed by atoms with Crippen molar-refractivity contribution in [1.82, 2.24) is 29.1 Å². The van der Waals surface area contributed by atoms with Crippen molar-refractivity contribution in [2.24, 2.45) is 0 Å². The van der Waals surface area contributed by atoms with Crippen molar-refractivity contribution in [3.63, 3.8) is 0 Å². The van der Waals surface area contributed by atoms with Crippen LogP contribution in [0.5, 0.6) is 17.4 Å². The highest BCUT2D eigenvalue weighted by Crippen LogP contribution is 2.48. The summed E-state index contributed by atoms with van der Waals surface area (Å²) < 4.78 is 30.0. The Morgan fingerprint density at radius 3 is 2.51 bits per heavy atom. The smallest absolute Gasteiger partial charge is 0.345 e. The molecular weight excluding hydrogens is 838 g/mol. The Labute approximate surface area is 376 Å². The highest BCUT2D eigenvalue weighted by atomic mass is 35.5. The minimum Gasteiger partial charge on any atom is -0.491 e. The van der Waals surface area contributed by atoms with Crippen LogP contribution in [0.25, 0.3) is 32.6 Å². The highest BCUT2D eigenvalue weighted by molar-refractivity contribution is 7.13. The lowest BCUT2D eigenvalue weighted by atomic mass is 9.79. The molecule has 1 saturated carbocycles. The number of fused-ring (bicyclic) bond motifs is 1. The van der Waals surface area contributed by atoms with Crippen molar-refractivity contribution in [1.29, 1.82) is 0 Å². The normalized spacial score (nSPS) is 16.8. The van der Waals surface area contributed by atoms with Gasteiger partial charge in [-0.05, 0) is 97.5 Å². The first kappa shape index (κ1) is 42.9. The van der Waals surface area contributed by atoms with E-state index in [1.54, 1.807) is 6.20 Å². The van der Waals surface area contributed by atoms with Crippen LogP contribution in [-0.4, -0.2) is 119 Å². The van der Waals surface area contributed by atoms with Gasteiger partial charge in [-0.15, -0.1) is 0 Å². The van der Waals surface area contributed by atoms with Gasteiger partial charge in [0.05, 0.1) is 39.7 Å².